The van der Waals surface area contributed by atoms with Gasteiger partial charge in [0.1, 0.15) is 5.82 Å². The van der Waals surface area contributed by atoms with Crippen molar-refractivity contribution in [2.75, 3.05) is 0 Å². The monoisotopic (exact) mass is 354 g/mol. The number of aromatic nitrogens is 2. The molecular weight excluding hydrogens is 342 g/mol. The van der Waals surface area contributed by atoms with E-state index >= 15 is 0 Å². The van der Waals surface area contributed by atoms with Crippen molar-refractivity contribution in [1.82, 2.24) is 9.97 Å². The van der Waals surface area contributed by atoms with E-state index in [9.17, 15) is 13.6 Å². The Morgan fingerprint density at radius 2 is 1.90 bits per heavy atom. The Morgan fingerprint density at radius 3 is 2.71 bits per heavy atom. The highest BCUT2D eigenvalue weighted by atomic mass is 79.9. The van der Waals surface area contributed by atoms with Crippen LogP contribution in [0.2, 0.25) is 0 Å². The fourth-order valence-electron chi connectivity index (χ4n) is 2.62. The second-order valence-electron chi connectivity index (χ2n) is 5.12. The summed E-state index contributed by atoms with van der Waals surface area (Å²) in [6, 6.07) is 2.44. The number of H-pyrrole nitrogens is 1. The van der Waals surface area contributed by atoms with Crippen LogP contribution in [0.3, 0.4) is 0 Å². The number of halogens is 3. The van der Waals surface area contributed by atoms with E-state index < -0.39 is 11.6 Å². The highest BCUT2D eigenvalue weighted by Crippen LogP contribution is 2.30. The van der Waals surface area contributed by atoms with Gasteiger partial charge in [0.2, 0.25) is 0 Å². The van der Waals surface area contributed by atoms with E-state index in [1.165, 1.54) is 6.07 Å². The lowest BCUT2D eigenvalue weighted by Crippen LogP contribution is -2.18. The van der Waals surface area contributed by atoms with Gasteiger partial charge in [-0.3, -0.25) is 4.79 Å². The third-order valence-corrected chi connectivity index (χ3v) is 4.51. The fraction of sp³-hybridized carbons (Fsp3) is 0.333. The first kappa shape index (κ1) is 14.4. The van der Waals surface area contributed by atoms with Gasteiger partial charge in [0.15, 0.2) is 11.6 Å². The highest BCUT2D eigenvalue weighted by Gasteiger charge is 2.18. The molecule has 110 valence electrons. The maximum Gasteiger partial charge on any atom is 0.254 e. The summed E-state index contributed by atoms with van der Waals surface area (Å²) < 4.78 is 26.8. The quantitative estimate of drug-likeness (QED) is 0.626. The number of benzene rings is 1. The van der Waals surface area contributed by atoms with E-state index in [1.807, 2.05) is 0 Å². The molecule has 3 nitrogen and oxygen atoms in total. The molecule has 1 aromatic heterocycles. The van der Waals surface area contributed by atoms with Gasteiger partial charge in [-0.25, -0.2) is 13.8 Å². The molecule has 0 unspecified atom stereocenters. The largest absolute Gasteiger partial charge is 0.306 e. The van der Waals surface area contributed by atoms with Gasteiger partial charge in [-0.15, -0.1) is 0 Å². The predicted octanol–water partition coefficient (Wildman–Crippen LogP) is 3.75. The first-order chi connectivity index (χ1) is 10.1. The molecule has 3 rings (SSSR count). The molecule has 0 atom stereocenters. The van der Waals surface area contributed by atoms with Crippen LogP contribution in [0.5, 0.6) is 0 Å². The molecule has 1 aromatic carbocycles. The molecule has 1 aliphatic rings. The number of aromatic amines is 1. The van der Waals surface area contributed by atoms with Crippen molar-refractivity contribution in [3.8, 4) is 11.4 Å². The van der Waals surface area contributed by atoms with Gasteiger partial charge in [0.25, 0.3) is 5.56 Å². The van der Waals surface area contributed by atoms with Gasteiger partial charge < -0.3 is 4.98 Å². The normalized spacial score (nSPS) is 14.6. The lowest BCUT2D eigenvalue weighted by molar-refractivity contribution is 0.504. The molecule has 0 fully saturated rings. The standard InChI is InChI=1S/C15H13BrF2N2O/c16-12-9(6-7-10(17)13(12)18)14-19-11-5-3-1-2-4-8(11)15(21)20-14/h6-7H,1-5H2,(H,19,20,21). The predicted molar refractivity (Wildman–Crippen MR) is 79.2 cm³/mol. The number of fused-ring (bicyclic) bond motifs is 1. The van der Waals surface area contributed by atoms with E-state index in [0.29, 0.717) is 5.56 Å². The number of nitrogens with zero attached hydrogens (tertiary/aromatic N) is 1. The highest BCUT2D eigenvalue weighted by molar-refractivity contribution is 9.10. The molecule has 0 radical (unpaired) electrons. The second-order valence-corrected chi connectivity index (χ2v) is 5.92. The van der Waals surface area contributed by atoms with Crippen LogP contribution in [-0.4, -0.2) is 9.97 Å². The van der Waals surface area contributed by atoms with Crippen LogP contribution in [0.15, 0.2) is 21.4 Å². The smallest absolute Gasteiger partial charge is 0.254 e. The van der Waals surface area contributed by atoms with Crippen LogP contribution in [0, 0.1) is 11.6 Å². The Hall–Kier alpha value is -1.56. The average molecular weight is 355 g/mol. The minimum absolute atomic E-state index is 0.0285. The van der Waals surface area contributed by atoms with E-state index in [1.54, 1.807) is 0 Å². The molecule has 0 spiro atoms. The summed E-state index contributed by atoms with van der Waals surface area (Å²) in [4.78, 5) is 19.3. The van der Waals surface area contributed by atoms with Crippen molar-refractivity contribution in [3.63, 3.8) is 0 Å². The van der Waals surface area contributed by atoms with Crippen molar-refractivity contribution in [1.29, 1.82) is 0 Å². The molecule has 0 bridgehead atoms. The Balaban J connectivity index is 2.16. The van der Waals surface area contributed by atoms with E-state index in [4.69, 9.17) is 0 Å². The fourth-order valence-corrected chi connectivity index (χ4v) is 3.13. The number of nitrogens with one attached hydrogen (secondary N) is 1. The first-order valence-electron chi connectivity index (χ1n) is 6.84. The Labute approximate surface area is 128 Å². The number of hydrogen-bond acceptors (Lipinski definition) is 2. The number of rotatable bonds is 1. The molecular formula is C15H13BrF2N2O. The van der Waals surface area contributed by atoms with Gasteiger partial charge in [-0.05, 0) is 53.7 Å². The van der Waals surface area contributed by atoms with Gasteiger partial charge in [0, 0.05) is 11.1 Å². The Bertz CT molecular complexity index is 758. The molecule has 1 N–H and O–H groups in total. The summed E-state index contributed by atoms with van der Waals surface area (Å²) in [7, 11) is 0. The van der Waals surface area contributed by atoms with Crippen LogP contribution in [0.4, 0.5) is 8.78 Å². The average Bonchev–Trinajstić information content (AvgIpc) is 2.70. The SMILES string of the molecule is O=c1[nH]c(-c2ccc(F)c(F)c2Br)nc2c1CCCCC2. The van der Waals surface area contributed by atoms with Crippen LogP contribution in [0.1, 0.15) is 30.5 Å². The summed E-state index contributed by atoms with van der Waals surface area (Å²) in [6.07, 6.45) is 4.50. The molecule has 1 aliphatic carbocycles. The van der Waals surface area contributed by atoms with E-state index in [0.717, 1.165) is 49.4 Å². The maximum atomic E-state index is 13.6. The molecule has 0 amide bonds. The topological polar surface area (TPSA) is 45.8 Å². The first-order valence-corrected chi connectivity index (χ1v) is 7.63. The van der Waals surface area contributed by atoms with Gasteiger partial charge >= 0.3 is 0 Å². The third kappa shape index (κ3) is 2.64. The van der Waals surface area contributed by atoms with Crippen LogP contribution < -0.4 is 5.56 Å². The number of aryl methyl sites for hydroxylation is 1. The summed E-state index contributed by atoms with van der Waals surface area (Å²) in [6.45, 7) is 0. The molecule has 2 aromatic rings. The van der Waals surface area contributed by atoms with Gasteiger partial charge in [0.05, 0.1) is 10.2 Å². The molecule has 0 aliphatic heterocycles. The number of hydrogen-bond donors (Lipinski definition) is 1. The Kier molecular flexibility index (Phi) is 3.89. The summed E-state index contributed by atoms with van der Waals surface area (Å²) >= 11 is 3.03. The van der Waals surface area contributed by atoms with Crippen molar-refractivity contribution < 1.29 is 8.78 Å². The summed E-state index contributed by atoms with van der Waals surface area (Å²) in [5.74, 6) is -1.65. The lowest BCUT2D eigenvalue weighted by Gasteiger charge is -2.09. The third-order valence-electron chi connectivity index (χ3n) is 3.73. The van der Waals surface area contributed by atoms with Crippen LogP contribution >= 0.6 is 15.9 Å². The Morgan fingerprint density at radius 1 is 1.14 bits per heavy atom. The molecule has 21 heavy (non-hydrogen) atoms. The van der Waals surface area contributed by atoms with E-state index in [2.05, 4.69) is 25.9 Å². The zero-order valence-electron chi connectivity index (χ0n) is 11.2. The maximum absolute atomic E-state index is 13.6. The summed E-state index contributed by atoms with van der Waals surface area (Å²) in [5, 5.41) is 0. The lowest BCUT2D eigenvalue weighted by atomic mass is 10.1. The van der Waals surface area contributed by atoms with Gasteiger partial charge in [-0.2, -0.15) is 0 Å². The second kappa shape index (κ2) is 5.67. The molecule has 0 saturated heterocycles. The van der Waals surface area contributed by atoms with Crippen LogP contribution in [-0.2, 0) is 12.8 Å². The van der Waals surface area contributed by atoms with Crippen molar-refractivity contribution in [2.24, 2.45) is 0 Å². The summed E-state index contributed by atoms with van der Waals surface area (Å²) in [5.41, 5.74) is 1.64. The molecule has 0 saturated carbocycles. The van der Waals surface area contributed by atoms with Crippen molar-refractivity contribution >= 4 is 15.9 Å². The minimum Gasteiger partial charge on any atom is -0.306 e. The zero-order chi connectivity index (χ0) is 15.0. The zero-order valence-corrected chi connectivity index (χ0v) is 12.8. The van der Waals surface area contributed by atoms with Crippen molar-refractivity contribution in [3.05, 3.63) is 49.9 Å². The van der Waals surface area contributed by atoms with Crippen LogP contribution in [0.25, 0.3) is 11.4 Å². The van der Waals surface area contributed by atoms with Gasteiger partial charge in [-0.1, -0.05) is 6.42 Å². The molecule has 1 heterocycles. The van der Waals surface area contributed by atoms with Crippen molar-refractivity contribution in [2.45, 2.75) is 32.1 Å². The minimum atomic E-state index is -0.981. The van der Waals surface area contributed by atoms with E-state index in [-0.39, 0.29) is 15.9 Å². The molecule has 6 heteroatoms.